The molecule has 1 saturated heterocycles. The molecule has 1 fully saturated rings. The number of benzene rings is 1. The summed E-state index contributed by atoms with van der Waals surface area (Å²) in [7, 11) is 0. The van der Waals surface area contributed by atoms with Gasteiger partial charge in [0.25, 0.3) is 0 Å². The van der Waals surface area contributed by atoms with Crippen molar-refractivity contribution in [3.63, 3.8) is 0 Å². The second-order valence-corrected chi connectivity index (χ2v) is 5.11. The third kappa shape index (κ3) is 1.75. The van der Waals surface area contributed by atoms with E-state index in [0.717, 1.165) is 11.3 Å². The molecule has 18 heavy (non-hydrogen) atoms. The number of fused-ring (bicyclic) bond motifs is 1. The molecule has 0 unspecified atom stereocenters. The van der Waals surface area contributed by atoms with Crippen molar-refractivity contribution in [2.75, 3.05) is 13.2 Å². The van der Waals surface area contributed by atoms with Crippen molar-refractivity contribution < 1.29 is 18.7 Å². The van der Waals surface area contributed by atoms with Gasteiger partial charge in [-0.05, 0) is 13.0 Å². The Morgan fingerprint density at radius 3 is 2.78 bits per heavy atom. The molecule has 1 aromatic carbocycles. The fraction of sp³-hybridized carbons (Fsp3) is 0.308. The van der Waals surface area contributed by atoms with Gasteiger partial charge in [-0.1, -0.05) is 12.1 Å². The van der Waals surface area contributed by atoms with Gasteiger partial charge in [-0.3, -0.25) is 4.79 Å². The Balaban J connectivity index is 2.28. The summed E-state index contributed by atoms with van der Waals surface area (Å²) >= 11 is 1.16. The van der Waals surface area contributed by atoms with Crippen molar-refractivity contribution in [2.24, 2.45) is 0 Å². The number of halogens is 1. The fourth-order valence-electron chi connectivity index (χ4n) is 2.12. The van der Waals surface area contributed by atoms with Crippen molar-refractivity contribution in [3.05, 3.63) is 34.5 Å². The Bertz CT molecular complexity index is 614. The monoisotopic (exact) mass is 266 g/mol. The van der Waals surface area contributed by atoms with Crippen LogP contribution in [0.25, 0.3) is 10.1 Å². The molecular weight excluding hydrogens is 255 g/mol. The van der Waals surface area contributed by atoms with Crippen molar-refractivity contribution in [1.29, 1.82) is 0 Å². The predicted molar refractivity (Wildman–Crippen MR) is 66.4 cm³/mol. The molecule has 2 aromatic rings. The number of rotatable bonds is 2. The first-order chi connectivity index (χ1) is 8.68. The molecule has 0 saturated carbocycles. The Morgan fingerprint density at radius 1 is 1.39 bits per heavy atom. The van der Waals surface area contributed by atoms with Gasteiger partial charge in [0, 0.05) is 10.9 Å². The zero-order valence-electron chi connectivity index (χ0n) is 9.73. The molecule has 0 amide bonds. The smallest absolute Gasteiger partial charge is 0.186 e. The van der Waals surface area contributed by atoms with E-state index in [-0.39, 0.29) is 11.6 Å². The van der Waals surface area contributed by atoms with Crippen LogP contribution in [0, 0.1) is 5.82 Å². The summed E-state index contributed by atoms with van der Waals surface area (Å²) in [5.41, 5.74) is 0.666. The molecule has 0 bridgehead atoms. The first kappa shape index (κ1) is 11.8. The summed E-state index contributed by atoms with van der Waals surface area (Å²) in [5.74, 6) is -0.408. The summed E-state index contributed by atoms with van der Waals surface area (Å²) in [6.07, 6.45) is -0.556. The van der Waals surface area contributed by atoms with Crippen LogP contribution in [0.15, 0.2) is 18.2 Å². The van der Waals surface area contributed by atoms with E-state index in [2.05, 4.69) is 0 Å². The van der Waals surface area contributed by atoms with E-state index in [1.54, 1.807) is 12.1 Å². The second-order valence-electron chi connectivity index (χ2n) is 4.09. The second kappa shape index (κ2) is 4.42. The van der Waals surface area contributed by atoms with Gasteiger partial charge in [-0.2, -0.15) is 0 Å². The number of hydrogen-bond donors (Lipinski definition) is 0. The number of hydrogen-bond acceptors (Lipinski definition) is 4. The quantitative estimate of drug-likeness (QED) is 0.782. The van der Waals surface area contributed by atoms with E-state index < -0.39 is 6.29 Å². The lowest BCUT2D eigenvalue weighted by molar-refractivity contribution is -0.0431. The molecule has 1 aliphatic rings. The van der Waals surface area contributed by atoms with E-state index in [1.165, 1.54) is 13.0 Å². The minimum absolute atomic E-state index is 0.0929. The molecule has 1 aromatic heterocycles. The SMILES string of the molecule is CC(=O)c1sc2c(F)cccc2c1C1OCCO1. The van der Waals surface area contributed by atoms with Crippen LogP contribution in [0.1, 0.15) is 28.4 Å². The van der Waals surface area contributed by atoms with Crippen molar-refractivity contribution in [2.45, 2.75) is 13.2 Å². The predicted octanol–water partition coefficient (Wildman–Crippen LogP) is 3.29. The maximum Gasteiger partial charge on any atom is 0.186 e. The molecule has 3 nitrogen and oxygen atoms in total. The van der Waals surface area contributed by atoms with Crippen LogP contribution in [0.2, 0.25) is 0 Å². The molecule has 3 rings (SSSR count). The Morgan fingerprint density at radius 2 is 2.11 bits per heavy atom. The average Bonchev–Trinajstić information content (AvgIpc) is 2.94. The van der Waals surface area contributed by atoms with Gasteiger partial charge in [0.05, 0.1) is 22.8 Å². The zero-order valence-corrected chi connectivity index (χ0v) is 10.6. The number of ketones is 1. The van der Waals surface area contributed by atoms with Crippen LogP contribution < -0.4 is 0 Å². The van der Waals surface area contributed by atoms with Gasteiger partial charge in [0.15, 0.2) is 12.1 Å². The first-order valence-electron chi connectivity index (χ1n) is 5.63. The summed E-state index contributed by atoms with van der Waals surface area (Å²) in [6, 6.07) is 4.82. The zero-order chi connectivity index (χ0) is 12.7. The molecule has 0 N–H and O–H groups in total. The number of Topliss-reactive ketones (excluding diaryl/α,β-unsaturated/α-hetero) is 1. The van der Waals surface area contributed by atoms with Gasteiger partial charge >= 0.3 is 0 Å². The van der Waals surface area contributed by atoms with Crippen LogP contribution in [-0.2, 0) is 9.47 Å². The molecule has 2 heterocycles. The van der Waals surface area contributed by atoms with Crippen molar-refractivity contribution in [3.8, 4) is 0 Å². The van der Waals surface area contributed by atoms with Crippen LogP contribution >= 0.6 is 11.3 Å². The molecule has 0 atom stereocenters. The summed E-state index contributed by atoms with van der Waals surface area (Å²) in [5, 5.41) is 0.706. The number of carbonyl (C=O) groups excluding carboxylic acids is 1. The van der Waals surface area contributed by atoms with E-state index in [4.69, 9.17) is 9.47 Å². The average molecular weight is 266 g/mol. The molecule has 1 aliphatic heterocycles. The van der Waals surface area contributed by atoms with Crippen LogP contribution in [0.4, 0.5) is 4.39 Å². The van der Waals surface area contributed by atoms with Gasteiger partial charge in [0.1, 0.15) is 5.82 Å². The van der Waals surface area contributed by atoms with Crippen molar-refractivity contribution in [1.82, 2.24) is 0 Å². The summed E-state index contributed by atoms with van der Waals surface area (Å²) in [4.78, 5) is 12.2. The Kier molecular flexibility index (Phi) is 2.89. The Hall–Kier alpha value is -1.30. The van der Waals surface area contributed by atoms with Crippen LogP contribution in [0.3, 0.4) is 0 Å². The van der Waals surface area contributed by atoms with Crippen LogP contribution in [0.5, 0.6) is 0 Å². The van der Waals surface area contributed by atoms with Gasteiger partial charge in [-0.15, -0.1) is 11.3 Å². The topological polar surface area (TPSA) is 35.5 Å². The minimum Gasteiger partial charge on any atom is -0.346 e. The standard InChI is InChI=1S/C13H11FO3S/c1-7(15)11-10(13-16-5-6-17-13)8-3-2-4-9(14)12(8)18-11/h2-4,13H,5-6H2,1H3. The third-order valence-corrected chi connectivity index (χ3v) is 4.21. The molecular formula is C13H11FO3S. The molecule has 0 radical (unpaired) electrons. The lowest BCUT2D eigenvalue weighted by Gasteiger charge is -2.09. The summed E-state index contributed by atoms with van der Waals surface area (Å²) in [6.45, 7) is 2.46. The highest BCUT2D eigenvalue weighted by Gasteiger charge is 2.28. The first-order valence-corrected chi connectivity index (χ1v) is 6.45. The largest absolute Gasteiger partial charge is 0.346 e. The maximum atomic E-state index is 13.7. The number of ether oxygens (including phenoxy) is 2. The van der Waals surface area contributed by atoms with Gasteiger partial charge in [-0.25, -0.2) is 4.39 Å². The molecule has 0 spiro atoms. The van der Waals surface area contributed by atoms with Crippen molar-refractivity contribution >= 4 is 27.2 Å². The number of thiophene rings is 1. The number of carbonyl (C=O) groups is 1. The highest BCUT2D eigenvalue weighted by molar-refractivity contribution is 7.21. The van der Waals surface area contributed by atoms with E-state index in [1.807, 2.05) is 0 Å². The van der Waals surface area contributed by atoms with E-state index in [0.29, 0.717) is 33.7 Å². The maximum absolute atomic E-state index is 13.7. The van der Waals surface area contributed by atoms with Gasteiger partial charge in [0.2, 0.25) is 0 Å². The minimum atomic E-state index is -0.556. The molecule has 0 aliphatic carbocycles. The fourth-order valence-corrected chi connectivity index (χ4v) is 3.24. The lowest BCUT2D eigenvalue weighted by Crippen LogP contribution is -2.03. The molecule has 94 valence electrons. The Labute approximate surface area is 107 Å². The van der Waals surface area contributed by atoms with Gasteiger partial charge < -0.3 is 9.47 Å². The van der Waals surface area contributed by atoms with E-state index >= 15 is 0 Å². The van der Waals surface area contributed by atoms with E-state index in [9.17, 15) is 9.18 Å². The summed E-state index contributed by atoms with van der Waals surface area (Å²) < 4.78 is 25.1. The third-order valence-electron chi connectivity index (χ3n) is 2.88. The lowest BCUT2D eigenvalue weighted by atomic mass is 10.1. The molecule has 5 heteroatoms. The normalized spacial score (nSPS) is 16.6. The van der Waals surface area contributed by atoms with Crippen LogP contribution in [-0.4, -0.2) is 19.0 Å². The highest BCUT2D eigenvalue weighted by atomic mass is 32.1. The highest BCUT2D eigenvalue weighted by Crippen LogP contribution is 2.39.